The zero-order chi connectivity index (χ0) is 30.4. The Morgan fingerprint density at radius 2 is 1.88 bits per heavy atom. The van der Waals surface area contributed by atoms with Gasteiger partial charge >= 0.3 is 0 Å². The molecule has 8 nitrogen and oxygen atoms in total. The summed E-state index contributed by atoms with van der Waals surface area (Å²) in [7, 11) is 0. The van der Waals surface area contributed by atoms with Crippen molar-refractivity contribution in [1.82, 2.24) is 19.4 Å². The summed E-state index contributed by atoms with van der Waals surface area (Å²) >= 11 is 7.00. The molecule has 1 aliphatic carbocycles. The molecule has 1 atom stereocenters. The second-order valence-corrected chi connectivity index (χ2v) is 12.1. The number of amides is 1. The highest BCUT2D eigenvalue weighted by Gasteiger charge is 2.32. The van der Waals surface area contributed by atoms with Crippen molar-refractivity contribution in [2.24, 2.45) is 0 Å². The van der Waals surface area contributed by atoms with Crippen LogP contribution in [0, 0.1) is 6.57 Å². The van der Waals surface area contributed by atoms with Gasteiger partial charge in [-0.2, -0.15) is 0 Å². The summed E-state index contributed by atoms with van der Waals surface area (Å²) in [6.07, 6.45) is 7.13. The average molecular weight is 593 g/mol. The fraction of sp³-hybridized carbons (Fsp3) is 0.324. The van der Waals surface area contributed by atoms with Gasteiger partial charge < -0.3 is 9.80 Å². The first-order valence-electron chi connectivity index (χ1n) is 14.6. The standard InChI is InChI=1S/C34H33ClN6O2/c1-6-30(42)39-13-14-40(21(4)19-39)32-26-15-27(35)25(23-17-37-33(38-18-23)22-11-12-22)16-29(26)41(34(43)31(32)36-5)28-10-8-7-9-24(28)20(2)3/h6-10,15-18,20-22H,1,11-14,19H2,2-4H3/t21-/m0/s1. The number of pyridine rings is 1. The predicted molar refractivity (Wildman–Crippen MR) is 171 cm³/mol. The Labute approximate surface area is 256 Å². The number of halogens is 1. The Kier molecular flexibility index (Phi) is 7.53. The summed E-state index contributed by atoms with van der Waals surface area (Å²) in [4.78, 5) is 43.6. The van der Waals surface area contributed by atoms with Crippen molar-refractivity contribution in [1.29, 1.82) is 0 Å². The minimum absolute atomic E-state index is 0.0299. The highest BCUT2D eigenvalue weighted by molar-refractivity contribution is 6.34. The molecule has 1 aliphatic heterocycles. The van der Waals surface area contributed by atoms with Crippen LogP contribution in [-0.4, -0.2) is 51.0 Å². The van der Waals surface area contributed by atoms with E-state index in [-0.39, 0.29) is 23.6 Å². The Morgan fingerprint density at radius 3 is 2.51 bits per heavy atom. The molecule has 0 N–H and O–H groups in total. The summed E-state index contributed by atoms with van der Waals surface area (Å²) < 4.78 is 1.66. The van der Waals surface area contributed by atoms with Crippen molar-refractivity contribution in [3.05, 3.63) is 99.6 Å². The molecule has 2 aromatic carbocycles. The van der Waals surface area contributed by atoms with Gasteiger partial charge in [-0.3, -0.25) is 14.2 Å². The summed E-state index contributed by atoms with van der Waals surface area (Å²) in [6, 6.07) is 11.4. The highest BCUT2D eigenvalue weighted by Crippen LogP contribution is 2.42. The molecule has 2 aliphatic rings. The van der Waals surface area contributed by atoms with Gasteiger partial charge in [0.2, 0.25) is 5.91 Å². The van der Waals surface area contributed by atoms with Crippen LogP contribution in [0.1, 0.15) is 56.8 Å². The number of fused-ring (bicyclic) bond motifs is 1. The van der Waals surface area contributed by atoms with E-state index in [0.29, 0.717) is 52.7 Å². The molecule has 9 heteroatoms. The molecule has 1 saturated heterocycles. The molecule has 0 spiro atoms. The number of benzene rings is 2. The number of anilines is 1. The zero-order valence-electron chi connectivity index (χ0n) is 24.5. The molecule has 43 heavy (non-hydrogen) atoms. The molecule has 1 amide bonds. The van der Waals surface area contributed by atoms with Gasteiger partial charge in [-0.05, 0) is 55.5 Å². The van der Waals surface area contributed by atoms with Gasteiger partial charge in [-0.25, -0.2) is 14.8 Å². The van der Waals surface area contributed by atoms with E-state index in [1.165, 1.54) is 6.08 Å². The first kappa shape index (κ1) is 28.6. The Bertz CT molecular complexity index is 1850. The van der Waals surface area contributed by atoms with Crippen molar-refractivity contribution >= 4 is 39.8 Å². The number of rotatable bonds is 6. The van der Waals surface area contributed by atoms with Crippen LogP contribution >= 0.6 is 11.6 Å². The zero-order valence-corrected chi connectivity index (χ0v) is 25.3. The summed E-state index contributed by atoms with van der Waals surface area (Å²) in [6.45, 7) is 19.3. The first-order valence-corrected chi connectivity index (χ1v) is 15.0. The lowest BCUT2D eigenvalue weighted by Gasteiger charge is -2.42. The maximum Gasteiger partial charge on any atom is 0.274 e. The largest absolute Gasteiger partial charge is 0.373 e. The van der Waals surface area contributed by atoms with Crippen LogP contribution in [0.4, 0.5) is 11.4 Å². The molecule has 0 unspecified atom stereocenters. The van der Waals surface area contributed by atoms with E-state index in [1.807, 2.05) is 43.3 Å². The van der Waals surface area contributed by atoms with Crippen LogP contribution in [0.5, 0.6) is 0 Å². The van der Waals surface area contributed by atoms with Gasteiger partial charge in [0.15, 0.2) is 0 Å². The minimum atomic E-state index is -0.393. The number of carbonyl (C=O) groups excluding carboxylic acids is 1. The van der Waals surface area contributed by atoms with Crippen LogP contribution in [0.25, 0.3) is 32.6 Å². The normalized spacial score (nSPS) is 16.9. The highest BCUT2D eigenvalue weighted by atomic mass is 35.5. The maximum absolute atomic E-state index is 14.4. The average Bonchev–Trinajstić information content (AvgIpc) is 3.86. The fourth-order valence-corrected chi connectivity index (χ4v) is 6.33. The van der Waals surface area contributed by atoms with Crippen molar-refractivity contribution in [3.63, 3.8) is 0 Å². The minimum Gasteiger partial charge on any atom is -0.373 e. The number of hydrogen-bond donors (Lipinski definition) is 0. The summed E-state index contributed by atoms with van der Waals surface area (Å²) in [5, 5.41) is 1.17. The number of hydrogen-bond acceptors (Lipinski definition) is 5. The van der Waals surface area contributed by atoms with E-state index in [4.69, 9.17) is 18.2 Å². The molecule has 0 radical (unpaired) electrons. The number of carbonyl (C=O) groups is 1. The lowest BCUT2D eigenvalue weighted by Crippen LogP contribution is -2.53. The van der Waals surface area contributed by atoms with E-state index in [9.17, 15) is 9.59 Å². The molecule has 3 heterocycles. The lowest BCUT2D eigenvalue weighted by molar-refractivity contribution is -0.126. The fourth-order valence-electron chi connectivity index (χ4n) is 6.06. The van der Waals surface area contributed by atoms with Crippen molar-refractivity contribution in [3.8, 4) is 16.8 Å². The smallest absolute Gasteiger partial charge is 0.274 e. The third-order valence-electron chi connectivity index (χ3n) is 8.45. The second kappa shape index (κ2) is 11.3. The van der Waals surface area contributed by atoms with Crippen molar-refractivity contribution in [2.45, 2.75) is 51.5 Å². The molecule has 6 rings (SSSR count). The van der Waals surface area contributed by atoms with E-state index in [2.05, 4.69) is 40.1 Å². The van der Waals surface area contributed by atoms with Gasteiger partial charge in [0.05, 0.1) is 23.5 Å². The number of aromatic nitrogens is 3. The maximum atomic E-state index is 14.4. The molecule has 218 valence electrons. The van der Waals surface area contributed by atoms with Crippen LogP contribution in [0.3, 0.4) is 0 Å². The SMILES string of the molecule is [C-]#[N+]c1c(N2CCN(C(=O)C=C)C[C@@H]2C)c2cc(Cl)c(-c3cnc(C4CC4)nc3)cc2n(-c2ccccc2C(C)C)c1=O. The number of para-hydroxylation sites is 1. The van der Waals surface area contributed by atoms with Crippen LogP contribution in [0.2, 0.25) is 5.02 Å². The third-order valence-corrected chi connectivity index (χ3v) is 8.76. The van der Waals surface area contributed by atoms with Crippen LogP contribution < -0.4 is 10.5 Å². The van der Waals surface area contributed by atoms with Gasteiger partial charge in [-0.1, -0.05) is 50.2 Å². The molecule has 1 saturated carbocycles. The first-order chi connectivity index (χ1) is 20.7. The van der Waals surface area contributed by atoms with E-state index in [1.54, 1.807) is 21.9 Å². The molecule has 2 aromatic heterocycles. The Morgan fingerprint density at radius 1 is 1.16 bits per heavy atom. The second-order valence-electron chi connectivity index (χ2n) is 11.6. The monoisotopic (exact) mass is 592 g/mol. The Hall–Kier alpha value is -4.48. The van der Waals surface area contributed by atoms with Crippen molar-refractivity contribution in [2.75, 3.05) is 24.5 Å². The van der Waals surface area contributed by atoms with Gasteiger partial charge in [0, 0.05) is 65.5 Å². The van der Waals surface area contributed by atoms with E-state index in [0.717, 1.165) is 35.5 Å². The molecule has 0 bridgehead atoms. The van der Waals surface area contributed by atoms with Gasteiger partial charge in [0.1, 0.15) is 5.82 Å². The molecule has 4 aromatic rings. The predicted octanol–water partition coefficient (Wildman–Crippen LogP) is 6.88. The number of piperazine rings is 1. The van der Waals surface area contributed by atoms with Crippen LogP contribution in [0.15, 0.2) is 66.2 Å². The number of nitrogens with zero attached hydrogens (tertiary/aromatic N) is 6. The van der Waals surface area contributed by atoms with Crippen molar-refractivity contribution < 1.29 is 4.79 Å². The van der Waals surface area contributed by atoms with Crippen LogP contribution in [-0.2, 0) is 4.79 Å². The quantitative estimate of drug-likeness (QED) is 0.180. The van der Waals surface area contributed by atoms with Gasteiger partial charge in [-0.15, -0.1) is 0 Å². The topological polar surface area (TPSA) is 75.7 Å². The van der Waals surface area contributed by atoms with E-state index < -0.39 is 5.56 Å². The third kappa shape index (κ3) is 5.08. The van der Waals surface area contributed by atoms with E-state index >= 15 is 0 Å². The molecular formula is C34H33ClN6O2. The molecular weight excluding hydrogens is 560 g/mol. The summed E-state index contributed by atoms with van der Waals surface area (Å²) in [5.74, 6) is 1.28. The van der Waals surface area contributed by atoms with Gasteiger partial charge in [0.25, 0.3) is 11.2 Å². The molecule has 2 fully saturated rings. The Balaban J connectivity index is 1.62. The summed E-state index contributed by atoms with van der Waals surface area (Å²) in [5.41, 5.74) is 4.01. The lowest BCUT2D eigenvalue weighted by atomic mass is 9.99.